The normalized spacial score (nSPS) is 12.1. The van der Waals surface area contributed by atoms with Crippen LogP contribution in [0, 0.1) is 0 Å². The molecule has 0 amide bonds. The van der Waals surface area contributed by atoms with E-state index in [0.29, 0.717) is 11.5 Å². The van der Waals surface area contributed by atoms with E-state index in [1.165, 1.54) is 6.08 Å². The molecule has 136 valence electrons. The first-order chi connectivity index (χ1) is 13.1. The lowest BCUT2D eigenvalue weighted by Gasteiger charge is -2.03. The number of benzene rings is 1. The van der Waals surface area contributed by atoms with Crippen molar-refractivity contribution >= 4 is 33.1 Å². The van der Waals surface area contributed by atoms with Gasteiger partial charge in [-0.3, -0.25) is 0 Å². The van der Waals surface area contributed by atoms with Gasteiger partial charge in [0.2, 0.25) is 10.0 Å². The van der Waals surface area contributed by atoms with Gasteiger partial charge in [-0.2, -0.15) is 9.61 Å². The van der Waals surface area contributed by atoms with E-state index in [0.717, 1.165) is 21.5 Å². The molecule has 1 N–H and O–H groups in total. The van der Waals surface area contributed by atoms with Crippen LogP contribution in [0.5, 0.6) is 0 Å². The maximum absolute atomic E-state index is 12.2. The van der Waals surface area contributed by atoms with Crippen molar-refractivity contribution in [1.29, 1.82) is 0 Å². The highest BCUT2D eigenvalue weighted by atomic mass is 32.2. The Labute approximate surface area is 160 Å². The first-order valence-electron chi connectivity index (χ1n) is 8.09. The van der Waals surface area contributed by atoms with E-state index in [-0.39, 0.29) is 6.54 Å². The van der Waals surface area contributed by atoms with Crippen molar-refractivity contribution in [1.82, 2.24) is 24.5 Å². The highest BCUT2D eigenvalue weighted by Crippen LogP contribution is 2.22. The molecule has 3 aromatic heterocycles. The molecule has 9 heteroatoms. The van der Waals surface area contributed by atoms with Crippen LogP contribution in [0.4, 0.5) is 0 Å². The van der Waals surface area contributed by atoms with Crippen molar-refractivity contribution in [3.63, 3.8) is 0 Å². The molecule has 0 fully saturated rings. The maximum atomic E-state index is 12.2. The number of hydrogen-bond acceptors (Lipinski definition) is 6. The first-order valence-corrected chi connectivity index (χ1v) is 10.5. The summed E-state index contributed by atoms with van der Waals surface area (Å²) in [5.74, 6) is 0.417. The molecule has 0 aliphatic heterocycles. The molecule has 0 aliphatic rings. The van der Waals surface area contributed by atoms with Crippen molar-refractivity contribution in [3.8, 4) is 10.6 Å². The van der Waals surface area contributed by atoms with E-state index < -0.39 is 10.0 Å². The molecule has 3 heterocycles. The third kappa shape index (κ3) is 4.11. The van der Waals surface area contributed by atoms with Gasteiger partial charge in [0.15, 0.2) is 11.5 Å². The van der Waals surface area contributed by atoms with E-state index in [1.54, 1.807) is 15.9 Å². The summed E-state index contributed by atoms with van der Waals surface area (Å²) < 4.78 is 28.5. The first kappa shape index (κ1) is 17.5. The van der Waals surface area contributed by atoms with Crippen LogP contribution in [-0.2, 0) is 16.6 Å². The van der Waals surface area contributed by atoms with E-state index >= 15 is 0 Å². The standard InChI is InChI=1S/C18H15N5O2S2/c24-27(25,12-10-14-5-2-1-3-6-14)19-13-18-21-20-17-9-8-15(22-23(17)18)16-7-4-11-26-16/h1-12,19H,13H2/b12-10+. The molecule has 7 nitrogen and oxygen atoms in total. The smallest absolute Gasteiger partial charge is 0.208 e. The Kier molecular flexibility index (Phi) is 4.80. The SMILES string of the molecule is O=S(=O)(/C=C/c1ccccc1)NCc1nnc2ccc(-c3cccs3)nn12. The number of aromatic nitrogens is 4. The van der Waals surface area contributed by atoms with Gasteiger partial charge >= 0.3 is 0 Å². The quantitative estimate of drug-likeness (QED) is 0.540. The van der Waals surface area contributed by atoms with Crippen LogP contribution >= 0.6 is 11.3 Å². The Hall–Kier alpha value is -2.88. The van der Waals surface area contributed by atoms with Crippen LogP contribution in [0.1, 0.15) is 11.4 Å². The molecule has 0 spiro atoms. The fourth-order valence-electron chi connectivity index (χ4n) is 2.44. The van der Waals surface area contributed by atoms with E-state index in [1.807, 2.05) is 60.0 Å². The summed E-state index contributed by atoms with van der Waals surface area (Å²) in [6.45, 7) is -0.0104. The molecule has 0 saturated carbocycles. The van der Waals surface area contributed by atoms with Crippen molar-refractivity contribution in [3.05, 3.63) is 76.8 Å². The van der Waals surface area contributed by atoms with Crippen LogP contribution < -0.4 is 4.72 Å². The van der Waals surface area contributed by atoms with Crippen LogP contribution in [0.15, 0.2) is 65.4 Å². The zero-order valence-corrected chi connectivity index (χ0v) is 15.7. The lowest BCUT2D eigenvalue weighted by atomic mass is 10.2. The van der Waals surface area contributed by atoms with Crippen molar-refractivity contribution in [2.24, 2.45) is 0 Å². The van der Waals surface area contributed by atoms with E-state index in [2.05, 4.69) is 20.0 Å². The summed E-state index contributed by atoms with van der Waals surface area (Å²) in [6.07, 6.45) is 1.54. The average Bonchev–Trinajstić information content (AvgIpc) is 3.35. The minimum atomic E-state index is -3.62. The van der Waals surface area contributed by atoms with Crippen LogP contribution in [0.25, 0.3) is 22.3 Å². The largest absolute Gasteiger partial charge is 0.234 e. The van der Waals surface area contributed by atoms with Crippen molar-refractivity contribution in [2.45, 2.75) is 6.54 Å². The summed E-state index contributed by atoms with van der Waals surface area (Å²) in [6, 6.07) is 16.8. The number of thiophene rings is 1. The second-order valence-electron chi connectivity index (χ2n) is 5.66. The Morgan fingerprint density at radius 1 is 1.04 bits per heavy atom. The summed E-state index contributed by atoms with van der Waals surface area (Å²) in [5.41, 5.74) is 2.15. The Balaban J connectivity index is 1.53. The van der Waals surface area contributed by atoms with Gasteiger partial charge in [-0.1, -0.05) is 36.4 Å². The maximum Gasteiger partial charge on any atom is 0.234 e. The second kappa shape index (κ2) is 7.39. The fraction of sp³-hybridized carbons (Fsp3) is 0.0556. The molecular weight excluding hydrogens is 382 g/mol. The topological polar surface area (TPSA) is 89.2 Å². The zero-order valence-electron chi connectivity index (χ0n) is 14.1. The molecule has 0 unspecified atom stereocenters. The van der Waals surface area contributed by atoms with Crippen molar-refractivity contribution < 1.29 is 8.42 Å². The molecule has 4 aromatic rings. The summed E-state index contributed by atoms with van der Waals surface area (Å²) in [7, 11) is -3.62. The predicted molar refractivity (Wildman–Crippen MR) is 105 cm³/mol. The summed E-state index contributed by atoms with van der Waals surface area (Å²) >= 11 is 1.58. The molecular formula is C18H15N5O2S2. The Morgan fingerprint density at radius 2 is 1.89 bits per heavy atom. The monoisotopic (exact) mass is 397 g/mol. The number of sulfonamides is 1. The Bertz CT molecular complexity index is 1180. The number of rotatable bonds is 6. The van der Waals surface area contributed by atoms with Gasteiger partial charge in [0.25, 0.3) is 0 Å². The van der Waals surface area contributed by atoms with Gasteiger partial charge in [0.05, 0.1) is 11.4 Å². The van der Waals surface area contributed by atoms with Gasteiger partial charge < -0.3 is 0 Å². The van der Waals surface area contributed by atoms with Crippen LogP contribution in [-0.4, -0.2) is 28.2 Å². The molecule has 0 bridgehead atoms. The van der Waals surface area contributed by atoms with Gasteiger partial charge in [-0.15, -0.1) is 21.5 Å². The lowest BCUT2D eigenvalue weighted by molar-refractivity contribution is 0.587. The van der Waals surface area contributed by atoms with Crippen LogP contribution in [0.2, 0.25) is 0 Å². The number of nitrogens with one attached hydrogen (secondary N) is 1. The number of hydrogen-bond donors (Lipinski definition) is 1. The van der Waals surface area contributed by atoms with Crippen LogP contribution in [0.3, 0.4) is 0 Å². The van der Waals surface area contributed by atoms with Gasteiger partial charge in [0, 0.05) is 5.41 Å². The average molecular weight is 397 g/mol. The lowest BCUT2D eigenvalue weighted by Crippen LogP contribution is -2.22. The number of nitrogens with zero attached hydrogens (tertiary/aromatic N) is 4. The van der Waals surface area contributed by atoms with Gasteiger partial charge in [0.1, 0.15) is 5.69 Å². The predicted octanol–water partition coefficient (Wildman–Crippen LogP) is 2.94. The molecule has 4 rings (SSSR count). The fourth-order valence-corrected chi connectivity index (χ4v) is 3.90. The molecule has 0 atom stereocenters. The van der Waals surface area contributed by atoms with E-state index in [9.17, 15) is 8.42 Å². The molecule has 0 aliphatic carbocycles. The zero-order chi connectivity index (χ0) is 18.7. The third-order valence-corrected chi connectivity index (χ3v) is 5.71. The second-order valence-corrected chi connectivity index (χ2v) is 8.26. The molecule has 1 aromatic carbocycles. The highest BCUT2D eigenvalue weighted by molar-refractivity contribution is 7.92. The molecule has 0 saturated heterocycles. The highest BCUT2D eigenvalue weighted by Gasteiger charge is 2.12. The van der Waals surface area contributed by atoms with E-state index in [4.69, 9.17) is 0 Å². The summed E-state index contributed by atoms with van der Waals surface area (Å²) in [5, 5.41) is 15.7. The summed E-state index contributed by atoms with van der Waals surface area (Å²) in [4.78, 5) is 1.02. The minimum Gasteiger partial charge on any atom is -0.208 e. The Morgan fingerprint density at radius 3 is 2.67 bits per heavy atom. The third-order valence-electron chi connectivity index (χ3n) is 3.77. The van der Waals surface area contributed by atoms with Crippen molar-refractivity contribution in [2.75, 3.05) is 0 Å². The van der Waals surface area contributed by atoms with Gasteiger partial charge in [-0.25, -0.2) is 13.1 Å². The van der Waals surface area contributed by atoms with Gasteiger partial charge in [-0.05, 0) is 35.2 Å². The molecule has 27 heavy (non-hydrogen) atoms. The molecule has 0 radical (unpaired) electrons. The minimum absolute atomic E-state index is 0.0104. The number of fused-ring (bicyclic) bond motifs is 1.